The average molecular weight is 485 g/mol. The highest BCUT2D eigenvalue weighted by molar-refractivity contribution is 6.12. The van der Waals surface area contributed by atoms with Crippen LogP contribution in [0.15, 0.2) is 35.5 Å². The molecular weight excluding hydrogens is 452 g/mol. The highest BCUT2D eigenvalue weighted by Gasteiger charge is 2.90. The van der Waals surface area contributed by atoms with Gasteiger partial charge in [0.2, 0.25) is 0 Å². The molecule has 1 N–H and O–H groups in total. The molecular formula is C27H32O8. The molecule has 7 atom stereocenters. The second-order valence-electron chi connectivity index (χ2n) is 11.7. The molecule has 1 saturated heterocycles. The molecule has 3 fully saturated rings. The molecule has 8 heteroatoms. The zero-order valence-corrected chi connectivity index (χ0v) is 21.2. The maximum absolute atomic E-state index is 14.2. The van der Waals surface area contributed by atoms with Crippen molar-refractivity contribution in [3.63, 3.8) is 0 Å². The summed E-state index contributed by atoms with van der Waals surface area (Å²) in [6, 6.07) is 0. The van der Waals surface area contributed by atoms with E-state index in [0.717, 1.165) is 5.57 Å². The van der Waals surface area contributed by atoms with Crippen LogP contribution >= 0.6 is 0 Å². The first-order valence-corrected chi connectivity index (χ1v) is 12.0. The highest BCUT2D eigenvalue weighted by Crippen LogP contribution is 2.79. The molecule has 3 aliphatic carbocycles. The summed E-state index contributed by atoms with van der Waals surface area (Å²) in [7, 11) is 0. The van der Waals surface area contributed by atoms with Crippen molar-refractivity contribution in [2.24, 2.45) is 21.7 Å². The van der Waals surface area contributed by atoms with Crippen molar-refractivity contribution in [2.75, 3.05) is 0 Å². The van der Waals surface area contributed by atoms with Crippen LogP contribution in [0.2, 0.25) is 0 Å². The van der Waals surface area contributed by atoms with Crippen LogP contribution in [0.5, 0.6) is 0 Å². The quantitative estimate of drug-likeness (QED) is 0.343. The maximum Gasteiger partial charge on any atom is 0.331 e. The molecule has 0 aromatic heterocycles. The first-order chi connectivity index (χ1) is 16.0. The molecule has 2 aliphatic heterocycles. The molecule has 7 unspecified atom stereocenters. The van der Waals surface area contributed by atoms with E-state index < -0.39 is 68.8 Å². The molecule has 2 heterocycles. The number of esters is 3. The van der Waals surface area contributed by atoms with Crippen LogP contribution in [0.1, 0.15) is 61.3 Å². The summed E-state index contributed by atoms with van der Waals surface area (Å²) in [4.78, 5) is 52.4. The Morgan fingerprint density at radius 3 is 2.37 bits per heavy atom. The zero-order valence-electron chi connectivity index (χ0n) is 21.2. The fourth-order valence-electron chi connectivity index (χ4n) is 8.36. The summed E-state index contributed by atoms with van der Waals surface area (Å²) in [5.41, 5.74) is -6.77. The summed E-state index contributed by atoms with van der Waals surface area (Å²) in [5.74, 6) is -2.37. The summed E-state index contributed by atoms with van der Waals surface area (Å²) >= 11 is 0. The van der Waals surface area contributed by atoms with E-state index in [4.69, 9.17) is 14.2 Å². The van der Waals surface area contributed by atoms with Crippen LogP contribution in [0.25, 0.3) is 0 Å². The Bertz CT molecular complexity index is 1210. The normalized spacial score (nSPS) is 47.4. The number of cyclic esters (lactones) is 2. The predicted molar refractivity (Wildman–Crippen MR) is 123 cm³/mol. The van der Waals surface area contributed by atoms with Gasteiger partial charge in [0.15, 0.2) is 11.4 Å². The summed E-state index contributed by atoms with van der Waals surface area (Å²) in [5, 5.41) is 12.1. The minimum absolute atomic E-state index is 0.220. The lowest BCUT2D eigenvalue weighted by atomic mass is 9.41. The van der Waals surface area contributed by atoms with Crippen molar-refractivity contribution < 1.29 is 38.5 Å². The van der Waals surface area contributed by atoms with E-state index >= 15 is 0 Å². The number of ketones is 1. The lowest BCUT2D eigenvalue weighted by Gasteiger charge is -2.61. The molecule has 2 saturated carbocycles. The minimum Gasteiger partial charge on any atom is -0.458 e. The van der Waals surface area contributed by atoms with E-state index in [0.29, 0.717) is 18.4 Å². The topological polar surface area (TPSA) is 116 Å². The third-order valence-electron chi connectivity index (χ3n) is 10.2. The Hall–Kier alpha value is -2.74. The molecule has 0 radical (unpaired) electrons. The van der Waals surface area contributed by atoms with Crippen LogP contribution in [0.3, 0.4) is 0 Å². The molecule has 188 valence electrons. The van der Waals surface area contributed by atoms with Crippen LogP contribution < -0.4 is 0 Å². The highest BCUT2D eigenvalue weighted by atomic mass is 16.6. The largest absolute Gasteiger partial charge is 0.458 e. The Kier molecular flexibility index (Phi) is 4.33. The summed E-state index contributed by atoms with van der Waals surface area (Å²) in [6.45, 7) is 15.9. The molecule has 5 aliphatic rings. The fourth-order valence-corrected chi connectivity index (χ4v) is 8.36. The van der Waals surface area contributed by atoms with E-state index in [2.05, 4.69) is 6.58 Å². The van der Waals surface area contributed by atoms with Crippen molar-refractivity contribution in [3.8, 4) is 0 Å². The van der Waals surface area contributed by atoms with Gasteiger partial charge in [-0.1, -0.05) is 25.2 Å². The zero-order chi connectivity index (χ0) is 26.1. The predicted octanol–water partition coefficient (Wildman–Crippen LogP) is 2.73. The Balaban J connectivity index is 1.93. The number of Topliss-reactive ketones (excluding diaryl/α,β-unsaturated/α-hetero) is 1. The van der Waals surface area contributed by atoms with Gasteiger partial charge in [-0.15, -0.1) is 0 Å². The number of carbonyl (C=O) groups is 4. The van der Waals surface area contributed by atoms with E-state index in [9.17, 15) is 24.3 Å². The van der Waals surface area contributed by atoms with Gasteiger partial charge >= 0.3 is 17.9 Å². The molecule has 0 amide bonds. The van der Waals surface area contributed by atoms with Crippen molar-refractivity contribution in [3.05, 3.63) is 35.5 Å². The number of aliphatic hydroxyl groups is 1. The molecule has 8 nitrogen and oxygen atoms in total. The number of carbonyl (C=O) groups excluding carboxylic acids is 4. The lowest BCUT2D eigenvalue weighted by molar-refractivity contribution is -0.167. The van der Waals surface area contributed by atoms with E-state index in [1.165, 1.54) is 19.9 Å². The number of hydrogen-bond acceptors (Lipinski definition) is 8. The molecule has 2 bridgehead atoms. The number of rotatable bonds is 1. The number of hydrogen-bond donors (Lipinski definition) is 1. The van der Waals surface area contributed by atoms with Gasteiger partial charge in [0.1, 0.15) is 23.2 Å². The maximum atomic E-state index is 14.2. The minimum atomic E-state index is -2.17. The lowest BCUT2D eigenvalue weighted by Crippen LogP contribution is -2.64. The monoisotopic (exact) mass is 484 g/mol. The van der Waals surface area contributed by atoms with Gasteiger partial charge in [0.25, 0.3) is 0 Å². The van der Waals surface area contributed by atoms with Gasteiger partial charge in [-0.05, 0) is 58.6 Å². The third kappa shape index (κ3) is 2.12. The van der Waals surface area contributed by atoms with Crippen LogP contribution in [0, 0.1) is 21.7 Å². The SMILES string of the molecule is C=C1C2(C)C(=O)C3(O)C(C)OC(=O)C13C1(C)CCC3(C=CC(=O)OC3(C)C)C(C)=C1C2OC(C)=O. The Morgan fingerprint density at radius 1 is 1.17 bits per heavy atom. The van der Waals surface area contributed by atoms with E-state index in [1.807, 2.05) is 33.8 Å². The molecule has 2 spiro atoms. The van der Waals surface area contributed by atoms with Gasteiger partial charge in [0.05, 0.1) is 5.41 Å². The first-order valence-electron chi connectivity index (χ1n) is 12.0. The smallest absolute Gasteiger partial charge is 0.331 e. The number of fused-ring (bicyclic) bond motifs is 2. The third-order valence-corrected chi connectivity index (χ3v) is 10.2. The van der Waals surface area contributed by atoms with Crippen LogP contribution in [0.4, 0.5) is 0 Å². The molecule has 0 aromatic rings. The summed E-state index contributed by atoms with van der Waals surface area (Å²) < 4.78 is 17.2. The standard InChI is InChI=1S/C27H32O8/c1-13-18-19(34-16(4)28)24(8)14(2)26(21(31)33-15(3)27(26,32)20(24)30)23(18,7)11-12-25(13)10-9-17(29)35-22(25,5)6/h9-10,15,19,32H,2,11-12H2,1,3-8H3. The van der Waals surface area contributed by atoms with Gasteiger partial charge in [-0.25, -0.2) is 4.79 Å². The van der Waals surface area contributed by atoms with Crippen molar-refractivity contribution in [1.29, 1.82) is 0 Å². The summed E-state index contributed by atoms with van der Waals surface area (Å²) in [6.07, 6.45) is 1.81. The van der Waals surface area contributed by atoms with Crippen LogP contribution in [-0.4, -0.2) is 52.2 Å². The number of ether oxygens (including phenoxy) is 3. The second kappa shape index (κ2) is 6.33. The van der Waals surface area contributed by atoms with Gasteiger partial charge in [-0.3, -0.25) is 14.4 Å². The van der Waals surface area contributed by atoms with Crippen LogP contribution in [-0.2, 0) is 33.4 Å². The van der Waals surface area contributed by atoms with Crippen molar-refractivity contribution in [2.45, 2.75) is 84.7 Å². The fraction of sp³-hybridized carbons (Fsp3) is 0.630. The molecule has 35 heavy (non-hydrogen) atoms. The van der Waals surface area contributed by atoms with E-state index in [-0.39, 0.29) is 5.57 Å². The van der Waals surface area contributed by atoms with Gasteiger partial charge in [0, 0.05) is 23.8 Å². The van der Waals surface area contributed by atoms with E-state index in [1.54, 1.807) is 6.92 Å². The first kappa shape index (κ1) is 24.0. The Labute approximate surface area is 204 Å². The second-order valence-corrected chi connectivity index (χ2v) is 11.7. The Morgan fingerprint density at radius 2 is 1.80 bits per heavy atom. The molecule has 5 rings (SSSR count). The van der Waals surface area contributed by atoms with Gasteiger partial charge < -0.3 is 19.3 Å². The van der Waals surface area contributed by atoms with Crippen molar-refractivity contribution >= 4 is 23.7 Å². The average Bonchev–Trinajstić information content (AvgIpc) is 3.01. The molecule has 0 aromatic carbocycles. The van der Waals surface area contributed by atoms with Gasteiger partial charge in [-0.2, -0.15) is 0 Å². The van der Waals surface area contributed by atoms with Crippen molar-refractivity contribution in [1.82, 2.24) is 0 Å².